The van der Waals surface area contributed by atoms with Gasteiger partial charge in [-0.3, -0.25) is 9.48 Å². The molecule has 0 atom stereocenters. The fraction of sp³-hybridized carbons (Fsp3) is 0.350. The molecule has 1 amide bonds. The molecule has 1 N–H and O–H groups in total. The third-order valence-corrected chi connectivity index (χ3v) is 5.58. The average Bonchev–Trinajstić information content (AvgIpc) is 3.47. The molecule has 9 heteroatoms. The van der Waals surface area contributed by atoms with Gasteiger partial charge in [0.1, 0.15) is 12.3 Å². The number of aliphatic imine (C=N–C) groups is 1. The van der Waals surface area contributed by atoms with E-state index in [1.54, 1.807) is 33.4 Å². The Bertz CT molecular complexity index is 948. The summed E-state index contributed by atoms with van der Waals surface area (Å²) < 4.78 is 7.11. The van der Waals surface area contributed by atoms with Gasteiger partial charge in [0.2, 0.25) is 5.91 Å². The molecule has 3 aromatic rings. The first-order chi connectivity index (χ1) is 14.2. The lowest BCUT2D eigenvalue weighted by Gasteiger charge is -2.35. The number of hydrogen-bond donors (Lipinski definition) is 1. The maximum atomic E-state index is 12.8. The number of carbonyl (C=O) groups excluding carboxylic acids is 1. The second-order valence-electron chi connectivity index (χ2n) is 6.81. The number of nitrogens with one attached hydrogen (secondary N) is 1. The van der Waals surface area contributed by atoms with Crippen LogP contribution < -0.4 is 10.2 Å². The van der Waals surface area contributed by atoms with E-state index >= 15 is 0 Å². The lowest BCUT2D eigenvalue weighted by Crippen LogP contribution is -2.55. The summed E-state index contributed by atoms with van der Waals surface area (Å²) in [5.41, 5.74) is 0.833. The van der Waals surface area contributed by atoms with Crippen LogP contribution in [0.1, 0.15) is 10.6 Å². The van der Waals surface area contributed by atoms with E-state index < -0.39 is 0 Å². The van der Waals surface area contributed by atoms with Crippen molar-refractivity contribution in [2.24, 2.45) is 12.0 Å². The highest BCUT2D eigenvalue weighted by atomic mass is 32.1. The SMILES string of the molecule is Cn1cc(N2CCN(C(=NCc3cccs3)NCCc3ccco3)CC2=O)cn1. The molecule has 8 nitrogen and oxygen atoms in total. The number of anilines is 1. The Labute approximate surface area is 173 Å². The minimum atomic E-state index is 0.0425. The van der Waals surface area contributed by atoms with E-state index in [4.69, 9.17) is 9.41 Å². The highest BCUT2D eigenvalue weighted by Gasteiger charge is 2.27. The van der Waals surface area contributed by atoms with Crippen LogP contribution in [-0.4, -0.2) is 52.7 Å². The van der Waals surface area contributed by atoms with Crippen LogP contribution in [0.2, 0.25) is 0 Å². The van der Waals surface area contributed by atoms with Crippen LogP contribution in [0.25, 0.3) is 0 Å². The van der Waals surface area contributed by atoms with Crippen LogP contribution in [0.4, 0.5) is 5.69 Å². The number of furan rings is 1. The lowest BCUT2D eigenvalue weighted by atomic mass is 10.3. The number of hydrogen-bond acceptors (Lipinski definition) is 5. The van der Waals surface area contributed by atoms with Gasteiger partial charge in [-0.05, 0) is 23.6 Å². The zero-order valence-electron chi connectivity index (χ0n) is 16.3. The summed E-state index contributed by atoms with van der Waals surface area (Å²) in [5.74, 6) is 1.72. The van der Waals surface area contributed by atoms with E-state index in [9.17, 15) is 4.79 Å². The number of piperazine rings is 1. The maximum absolute atomic E-state index is 12.8. The Morgan fingerprint density at radius 3 is 2.97 bits per heavy atom. The number of nitrogens with zero attached hydrogens (tertiary/aromatic N) is 5. The van der Waals surface area contributed by atoms with E-state index in [1.165, 1.54) is 4.88 Å². The topological polar surface area (TPSA) is 78.9 Å². The van der Waals surface area contributed by atoms with Gasteiger partial charge < -0.3 is 19.5 Å². The van der Waals surface area contributed by atoms with Crippen molar-refractivity contribution >= 4 is 28.9 Å². The van der Waals surface area contributed by atoms with Crippen molar-refractivity contribution in [3.05, 3.63) is 58.9 Å². The molecular weight excluding hydrogens is 388 g/mol. The van der Waals surface area contributed by atoms with E-state index in [0.29, 0.717) is 26.2 Å². The van der Waals surface area contributed by atoms with Gasteiger partial charge in [-0.2, -0.15) is 5.10 Å². The first-order valence-corrected chi connectivity index (χ1v) is 10.4. The fourth-order valence-corrected chi connectivity index (χ4v) is 3.88. The molecule has 0 unspecified atom stereocenters. The van der Waals surface area contributed by atoms with Gasteiger partial charge in [-0.1, -0.05) is 6.07 Å². The highest BCUT2D eigenvalue weighted by molar-refractivity contribution is 7.09. The monoisotopic (exact) mass is 412 g/mol. The molecule has 0 saturated carbocycles. The summed E-state index contributed by atoms with van der Waals surface area (Å²) in [4.78, 5) is 22.5. The van der Waals surface area contributed by atoms with E-state index in [-0.39, 0.29) is 12.5 Å². The van der Waals surface area contributed by atoms with Crippen molar-refractivity contribution in [3.8, 4) is 0 Å². The Balaban J connectivity index is 1.42. The lowest BCUT2D eigenvalue weighted by molar-refractivity contribution is -0.120. The largest absolute Gasteiger partial charge is 0.469 e. The number of aromatic nitrogens is 2. The van der Waals surface area contributed by atoms with Crippen LogP contribution >= 0.6 is 11.3 Å². The van der Waals surface area contributed by atoms with Gasteiger partial charge in [-0.15, -0.1) is 11.3 Å². The summed E-state index contributed by atoms with van der Waals surface area (Å²) in [6.45, 7) is 2.87. The summed E-state index contributed by atoms with van der Waals surface area (Å²) in [6, 6.07) is 7.94. The van der Waals surface area contributed by atoms with Crippen LogP contribution in [0, 0.1) is 0 Å². The number of guanidine groups is 1. The van der Waals surface area contributed by atoms with Gasteiger partial charge >= 0.3 is 0 Å². The molecule has 1 aliphatic rings. The van der Waals surface area contributed by atoms with Crippen LogP contribution in [0.15, 0.2) is 57.7 Å². The molecule has 0 aromatic carbocycles. The molecule has 4 heterocycles. The summed E-state index contributed by atoms with van der Waals surface area (Å²) >= 11 is 1.68. The number of aryl methyl sites for hydroxylation is 1. The standard InChI is InChI=1S/C20H24N6O2S/c1-24-14-16(12-23-24)26-9-8-25(15-19(26)27)20(22-13-18-5-3-11-29-18)21-7-6-17-4-2-10-28-17/h2-5,10-12,14H,6-9,13,15H2,1H3,(H,21,22). The second kappa shape index (κ2) is 8.95. The number of rotatable bonds is 6. The molecule has 0 spiro atoms. The maximum Gasteiger partial charge on any atom is 0.246 e. The predicted molar refractivity (Wildman–Crippen MR) is 113 cm³/mol. The zero-order chi connectivity index (χ0) is 20.1. The zero-order valence-corrected chi connectivity index (χ0v) is 17.1. The molecular formula is C20H24N6O2S. The normalized spacial score (nSPS) is 15.2. The molecule has 0 radical (unpaired) electrons. The molecule has 4 rings (SSSR count). The molecule has 0 aliphatic carbocycles. The van der Waals surface area contributed by atoms with Crippen molar-refractivity contribution in [1.82, 2.24) is 20.0 Å². The van der Waals surface area contributed by atoms with Crippen LogP contribution in [0.5, 0.6) is 0 Å². The number of thiophene rings is 1. The van der Waals surface area contributed by atoms with Crippen LogP contribution in [0.3, 0.4) is 0 Å². The third-order valence-electron chi connectivity index (χ3n) is 4.72. The third kappa shape index (κ3) is 4.86. The fourth-order valence-electron chi connectivity index (χ4n) is 3.25. The highest BCUT2D eigenvalue weighted by Crippen LogP contribution is 2.16. The van der Waals surface area contributed by atoms with Gasteiger partial charge in [0, 0.05) is 44.2 Å². The Morgan fingerprint density at radius 2 is 2.28 bits per heavy atom. The summed E-state index contributed by atoms with van der Waals surface area (Å²) in [6.07, 6.45) is 6.02. The van der Waals surface area contributed by atoms with Crippen LogP contribution in [-0.2, 0) is 24.8 Å². The van der Waals surface area contributed by atoms with Crippen molar-refractivity contribution < 1.29 is 9.21 Å². The summed E-state index contributed by atoms with van der Waals surface area (Å²) in [7, 11) is 1.85. The predicted octanol–water partition coefficient (Wildman–Crippen LogP) is 2.11. The molecule has 1 fully saturated rings. The van der Waals surface area contributed by atoms with Crippen molar-refractivity contribution in [2.45, 2.75) is 13.0 Å². The molecule has 1 saturated heterocycles. The summed E-state index contributed by atoms with van der Waals surface area (Å²) in [5, 5.41) is 9.62. The number of carbonyl (C=O) groups is 1. The molecule has 29 heavy (non-hydrogen) atoms. The first kappa shape index (κ1) is 19.3. The van der Waals surface area contributed by atoms with Crippen molar-refractivity contribution in [2.75, 3.05) is 31.1 Å². The molecule has 152 valence electrons. The Kier molecular flexibility index (Phi) is 5.95. The van der Waals surface area contributed by atoms with Gasteiger partial charge in [0.05, 0.1) is 24.7 Å². The quantitative estimate of drug-likeness (QED) is 0.496. The van der Waals surface area contributed by atoms with Gasteiger partial charge in [0.15, 0.2) is 5.96 Å². The first-order valence-electron chi connectivity index (χ1n) is 9.56. The van der Waals surface area contributed by atoms with Gasteiger partial charge in [-0.25, -0.2) is 4.99 Å². The average molecular weight is 413 g/mol. The smallest absolute Gasteiger partial charge is 0.246 e. The van der Waals surface area contributed by atoms with E-state index in [2.05, 4.69) is 16.5 Å². The number of amides is 1. The molecule has 0 bridgehead atoms. The van der Waals surface area contributed by atoms with Crippen molar-refractivity contribution in [3.63, 3.8) is 0 Å². The minimum Gasteiger partial charge on any atom is -0.469 e. The molecule has 1 aliphatic heterocycles. The molecule has 3 aromatic heterocycles. The van der Waals surface area contributed by atoms with E-state index in [1.807, 2.05) is 41.7 Å². The van der Waals surface area contributed by atoms with Crippen molar-refractivity contribution in [1.29, 1.82) is 0 Å². The minimum absolute atomic E-state index is 0.0425. The van der Waals surface area contributed by atoms with Gasteiger partial charge in [0.25, 0.3) is 0 Å². The Hall–Kier alpha value is -3.07. The Morgan fingerprint density at radius 1 is 1.34 bits per heavy atom. The second-order valence-corrected chi connectivity index (χ2v) is 7.85. The van der Waals surface area contributed by atoms with E-state index in [0.717, 1.165) is 23.8 Å².